The third kappa shape index (κ3) is 4.83. The molecular formula is C30H35N7O. The van der Waals surface area contributed by atoms with Crippen molar-refractivity contribution in [3.63, 3.8) is 0 Å². The minimum absolute atomic E-state index is 0.0363. The van der Waals surface area contributed by atoms with Gasteiger partial charge in [0.2, 0.25) is 0 Å². The molecule has 1 atom stereocenters. The van der Waals surface area contributed by atoms with Crippen molar-refractivity contribution < 1.29 is 4.79 Å². The molecule has 2 aromatic heterocycles. The Balaban J connectivity index is 1.31. The quantitative estimate of drug-likeness (QED) is 0.564. The van der Waals surface area contributed by atoms with Crippen LogP contribution in [0.1, 0.15) is 45.9 Å². The van der Waals surface area contributed by atoms with E-state index in [-0.39, 0.29) is 12.1 Å². The molecule has 1 amide bonds. The molecule has 2 aliphatic heterocycles. The van der Waals surface area contributed by atoms with Crippen molar-refractivity contribution >= 4 is 22.5 Å². The summed E-state index contributed by atoms with van der Waals surface area (Å²) in [5.41, 5.74) is 12.7. The summed E-state index contributed by atoms with van der Waals surface area (Å²) in [7, 11) is 7.54. The third-order valence-corrected chi connectivity index (χ3v) is 7.88. The van der Waals surface area contributed by atoms with Crippen LogP contribution in [0.15, 0.2) is 60.4 Å². The lowest BCUT2D eigenvalue weighted by atomic mass is 9.89. The van der Waals surface area contributed by atoms with Crippen molar-refractivity contribution in [1.82, 2.24) is 24.3 Å². The second-order valence-electron chi connectivity index (χ2n) is 10.6. The first kappa shape index (κ1) is 25.7. The minimum atomic E-state index is -0.307. The van der Waals surface area contributed by atoms with Crippen LogP contribution in [0.5, 0.6) is 0 Å². The SMILES string of the molecule is CN(C)C(=O)c1ccc(C2CCN(Cc3cc4c(C5=CN(C)C(N)C=C5C#N)ccnc4n3C)CC2)cc1. The van der Waals surface area contributed by atoms with Gasteiger partial charge >= 0.3 is 0 Å². The summed E-state index contributed by atoms with van der Waals surface area (Å²) < 4.78 is 2.17. The topological polar surface area (TPSA) is 94.4 Å². The first-order valence-electron chi connectivity index (χ1n) is 13.1. The van der Waals surface area contributed by atoms with Crippen LogP contribution in [0.2, 0.25) is 0 Å². The van der Waals surface area contributed by atoms with Gasteiger partial charge in [-0.2, -0.15) is 5.26 Å². The first-order chi connectivity index (χ1) is 18.3. The number of likely N-dealkylation sites (N-methyl/N-ethyl adjacent to an activating group) is 1. The molecule has 2 aliphatic rings. The smallest absolute Gasteiger partial charge is 0.253 e. The number of aryl methyl sites for hydroxylation is 1. The Hall–Kier alpha value is -3.93. The monoisotopic (exact) mass is 509 g/mol. The standard InChI is InChI=1S/C30H35N7O/c1-34(2)30(38)22-7-5-20(6-8-22)21-10-13-37(14-11-21)18-24-16-26-25(9-12-33-29(26)36(24)4)27-19-35(3)28(32)15-23(27)17-31/h5-9,12,15-16,19,21,28H,10-11,13-14,18,32H2,1-4H3. The van der Waals surface area contributed by atoms with Crippen molar-refractivity contribution in [2.24, 2.45) is 12.8 Å². The van der Waals surface area contributed by atoms with Gasteiger partial charge in [0.15, 0.2) is 0 Å². The Labute approximate surface area is 224 Å². The summed E-state index contributed by atoms with van der Waals surface area (Å²) in [5.74, 6) is 0.544. The maximum Gasteiger partial charge on any atom is 0.253 e. The molecule has 0 saturated carbocycles. The van der Waals surface area contributed by atoms with Crippen LogP contribution in [0.25, 0.3) is 16.6 Å². The van der Waals surface area contributed by atoms with Gasteiger partial charge in [-0.05, 0) is 73.3 Å². The normalized spacial score (nSPS) is 18.7. The Morgan fingerprint density at radius 1 is 1.16 bits per heavy atom. The molecule has 196 valence electrons. The molecule has 1 fully saturated rings. The first-order valence-corrected chi connectivity index (χ1v) is 13.1. The van der Waals surface area contributed by atoms with E-state index in [2.05, 4.69) is 45.8 Å². The summed E-state index contributed by atoms with van der Waals surface area (Å²) >= 11 is 0. The molecular weight excluding hydrogens is 474 g/mol. The second-order valence-corrected chi connectivity index (χ2v) is 10.6. The number of rotatable bonds is 5. The molecule has 38 heavy (non-hydrogen) atoms. The molecule has 8 heteroatoms. The van der Waals surface area contributed by atoms with Gasteiger partial charge in [0.25, 0.3) is 5.91 Å². The number of carbonyl (C=O) groups excluding carboxylic acids is 1. The Bertz CT molecular complexity index is 1450. The van der Waals surface area contributed by atoms with Crippen LogP contribution >= 0.6 is 0 Å². The van der Waals surface area contributed by atoms with E-state index >= 15 is 0 Å². The molecule has 3 aromatic rings. The Morgan fingerprint density at radius 3 is 2.53 bits per heavy atom. The Morgan fingerprint density at radius 2 is 1.87 bits per heavy atom. The van der Waals surface area contributed by atoms with Crippen LogP contribution < -0.4 is 5.73 Å². The number of allylic oxidation sites excluding steroid dienone is 2. The Kier molecular flexibility index (Phi) is 7.06. The third-order valence-electron chi connectivity index (χ3n) is 7.88. The molecule has 2 N–H and O–H groups in total. The van der Waals surface area contributed by atoms with E-state index in [1.165, 1.54) is 11.3 Å². The lowest BCUT2D eigenvalue weighted by Gasteiger charge is -2.32. The van der Waals surface area contributed by atoms with Crippen LogP contribution in [0, 0.1) is 11.3 Å². The number of piperidine rings is 1. The number of nitrogens with zero attached hydrogens (tertiary/aromatic N) is 6. The van der Waals surface area contributed by atoms with E-state index in [1.54, 1.807) is 19.0 Å². The summed E-state index contributed by atoms with van der Waals surface area (Å²) in [6, 6.07) is 14.6. The second kappa shape index (κ2) is 10.4. The average molecular weight is 510 g/mol. The molecule has 1 aromatic carbocycles. The van der Waals surface area contributed by atoms with E-state index in [0.717, 1.165) is 60.2 Å². The highest BCUT2D eigenvalue weighted by Gasteiger charge is 2.24. The number of pyridine rings is 1. The maximum atomic E-state index is 12.2. The van der Waals surface area contributed by atoms with E-state index in [4.69, 9.17) is 5.73 Å². The number of nitrogens with two attached hydrogens (primary N) is 1. The van der Waals surface area contributed by atoms with E-state index < -0.39 is 0 Å². The van der Waals surface area contributed by atoms with Gasteiger partial charge in [-0.3, -0.25) is 9.69 Å². The van der Waals surface area contributed by atoms with E-state index in [1.807, 2.05) is 48.6 Å². The number of benzene rings is 1. The molecule has 4 heterocycles. The van der Waals surface area contributed by atoms with E-state index in [9.17, 15) is 10.1 Å². The highest BCUT2D eigenvalue weighted by atomic mass is 16.2. The minimum Gasteiger partial charge on any atom is -0.361 e. The number of hydrogen-bond donors (Lipinski definition) is 1. The molecule has 0 aliphatic carbocycles. The number of likely N-dealkylation sites (tertiary alicyclic amines) is 1. The van der Waals surface area contributed by atoms with Gasteiger partial charge in [0.1, 0.15) is 5.65 Å². The number of aromatic nitrogens is 2. The number of fused-ring (bicyclic) bond motifs is 1. The van der Waals surface area contributed by atoms with Gasteiger partial charge in [-0.1, -0.05) is 12.1 Å². The number of amides is 1. The fourth-order valence-corrected chi connectivity index (χ4v) is 5.52. The lowest BCUT2D eigenvalue weighted by molar-refractivity contribution is 0.0827. The lowest BCUT2D eigenvalue weighted by Crippen LogP contribution is -2.36. The number of carbonyl (C=O) groups is 1. The number of hydrogen-bond acceptors (Lipinski definition) is 6. The molecule has 0 bridgehead atoms. The fraction of sp³-hybridized carbons (Fsp3) is 0.367. The molecule has 1 unspecified atom stereocenters. The van der Waals surface area contributed by atoms with Crippen molar-refractivity contribution in [3.05, 3.63) is 82.8 Å². The van der Waals surface area contributed by atoms with Gasteiger partial charge in [-0.25, -0.2) is 4.98 Å². The largest absolute Gasteiger partial charge is 0.361 e. The maximum absolute atomic E-state index is 12.2. The van der Waals surface area contributed by atoms with Crippen LogP contribution in [-0.2, 0) is 13.6 Å². The molecule has 5 rings (SSSR count). The van der Waals surface area contributed by atoms with Crippen molar-refractivity contribution in [2.45, 2.75) is 31.5 Å². The molecule has 1 saturated heterocycles. The van der Waals surface area contributed by atoms with Crippen molar-refractivity contribution in [1.29, 1.82) is 5.26 Å². The van der Waals surface area contributed by atoms with Crippen molar-refractivity contribution in [3.8, 4) is 6.07 Å². The highest BCUT2D eigenvalue weighted by molar-refractivity contribution is 5.97. The summed E-state index contributed by atoms with van der Waals surface area (Å²) in [4.78, 5) is 22.9. The summed E-state index contributed by atoms with van der Waals surface area (Å²) in [5, 5.41) is 10.8. The zero-order valence-corrected chi connectivity index (χ0v) is 22.6. The van der Waals surface area contributed by atoms with Crippen LogP contribution in [0.4, 0.5) is 0 Å². The van der Waals surface area contributed by atoms with Gasteiger partial charge in [0.05, 0.1) is 17.8 Å². The molecule has 0 radical (unpaired) electrons. The highest BCUT2D eigenvalue weighted by Crippen LogP contribution is 2.34. The van der Waals surface area contributed by atoms with E-state index in [0.29, 0.717) is 11.5 Å². The average Bonchev–Trinajstić information content (AvgIpc) is 3.25. The van der Waals surface area contributed by atoms with Crippen molar-refractivity contribution in [2.75, 3.05) is 34.2 Å². The zero-order chi connectivity index (χ0) is 27.0. The predicted octanol–water partition coefficient (Wildman–Crippen LogP) is 3.68. The summed E-state index contributed by atoms with van der Waals surface area (Å²) in [6.07, 6.45) is 7.45. The fourth-order valence-electron chi connectivity index (χ4n) is 5.52. The predicted molar refractivity (Wildman–Crippen MR) is 150 cm³/mol. The van der Waals surface area contributed by atoms with Gasteiger partial charge in [-0.15, -0.1) is 0 Å². The number of nitriles is 1. The molecule has 8 nitrogen and oxygen atoms in total. The molecule has 0 spiro atoms. The van der Waals surface area contributed by atoms with Gasteiger partial charge < -0.3 is 20.1 Å². The zero-order valence-electron chi connectivity index (χ0n) is 22.6. The van der Waals surface area contributed by atoms with Gasteiger partial charge in [0, 0.05) is 69.3 Å². The van der Waals surface area contributed by atoms with Crippen LogP contribution in [0.3, 0.4) is 0 Å². The summed E-state index contributed by atoms with van der Waals surface area (Å²) in [6.45, 7) is 2.88. The van der Waals surface area contributed by atoms with Crippen LogP contribution in [-0.4, -0.2) is 70.6 Å².